The van der Waals surface area contributed by atoms with E-state index < -0.39 is 35.1 Å². The minimum Gasteiger partial charge on any atom is -0.326 e. The van der Waals surface area contributed by atoms with E-state index in [-0.39, 0.29) is 15.7 Å². The first-order chi connectivity index (χ1) is 11.6. The quantitative estimate of drug-likeness (QED) is 0.702. The highest BCUT2D eigenvalue weighted by atomic mass is 79.9. The highest BCUT2D eigenvalue weighted by Crippen LogP contribution is 2.37. The van der Waals surface area contributed by atoms with Gasteiger partial charge in [0.25, 0.3) is 5.91 Å². The van der Waals surface area contributed by atoms with Gasteiger partial charge in [-0.25, -0.2) is 4.39 Å². The second-order valence-electron chi connectivity index (χ2n) is 5.02. The van der Waals surface area contributed by atoms with Crippen molar-refractivity contribution in [3.63, 3.8) is 0 Å². The number of carbonyl (C=O) groups is 2. The third-order valence-electron chi connectivity index (χ3n) is 3.07. The molecule has 0 aliphatic rings. The van der Waals surface area contributed by atoms with Gasteiger partial charge >= 0.3 is 6.18 Å². The normalized spacial score (nSPS) is 11.1. The smallest absolute Gasteiger partial charge is 0.326 e. The Morgan fingerprint density at radius 3 is 2.32 bits per heavy atom. The summed E-state index contributed by atoms with van der Waals surface area (Å²) in [6.07, 6.45) is -4.77. The third kappa shape index (κ3) is 4.79. The van der Waals surface area contributed by atoms with Crippen molar-refractivity contribution < 1.29 is 27.2 Å². The van der Waals surface area contributed by atoms with Crippen LogP contribution in [-0.4, -0.2) is 11.8 Å². The van der Waals surface area contributed by atoms with Crippen LogP contribution in [0.1, 0.15) is 22.8 Å². The van der Waals surface area contributed by atoms with Crippen molar-refractivity contribution in [3.8, 4) is 0 Å². The molecule has 0 bridgehead atoms. The maximum Gasteiger partial charge on any atom is 0.418 e. The second kappa shape index (κ2) is 7.22. The molecule has 0 fully saturated rings. The molecule has 0 unspecified atom stereocenters. The zero-order chi connectivity index (χ0) is 18.8. The maximum absolute atomic E-state index is 13.3. The van der Waals surface area contributed by atoms with E-state index in [0.717, 1.165) is 25.1 Å². The van der Waals surface area contributed by atoms with Crippen LogP contribution < -0.4 is 10.6 Å². The first-order valence-electron chi connectivity index (χ1n) is 6.83. The molecule has 2 N–H and O–H groups in total. The van der Waals surface area contributed by atoms with Crippen molar-refractivity contribution >= 4 is 39.1 Å². The molecule has 4 nitrogen and oxygen atoms in total. The zero-order valence-corrected chi connectivity index (χ0v) is 14.3. The highest BCUT2D eigenvalue weighted by molar-refractivity contribution is 9.10. The summed E-state index contributed by atoms with van der Waals surface area (Å²) in [4.78, 5) is 23.2. The summed E-state index contributed by atoms with van der Waals surface area (Å²) in [5.41, 5.74) is -1.87. The average molecular weight is 419 g/mol. The largest absolute Gasteiger partial charge is 0.418 e. The summed E-state index contributed by atoms with van der Waals surface area (Å²) in [7, 11) is 0. The number of rotatable bonds is 3. The fourth-order valence-electron chi connectivity index (χ4n) is 2.03. The molecule has 0 saturated carbocycles. The van der Waals surface area contributed by atoms with E-state index in [1.807, 2.05) is 0 Å². The van der Waals surface area contributed by atoms with Gasteiger partial charge in [0.1, 0.15) is 5.82 Å². The van der Waals surface area contributed by atoms with E-state index in [0.29, 0.717) is 6.07 Å². The molecule has 2 amide bonds. The Labute approximate surface area is 148 Å². The molecule has 0 heterocycles. The molecule has 2 rings (SSSR count). The second-order valence-corrected chi connectivity index (χ2v) is 5.87. The van der Waals surface area contributed by atoms with Crippen LogP contribution in [0, 0.1) is 5.82 Å². The van der Waals surface area contributed by atoms with Gasteiger partial charge in [-0.05, 0) is 52.3 Å². The van der Waals surface area contributed by atoms with Crippen molar-refractivity contribution in [2.75, 3.05) is 10.6 Å². The van der Waals surface area contributed by atoms with Crippen LogP contribution in [-0.2, 0) is 11.0 Å². The van der Waals surface area contributed by atoms with E-state index in [2.05, 4.69) is 26.6 Å². The number of carbonyl (C=O) groups excluding carboxylic acids is 2. The number of halogens is 5. The number of benzene rings is 2. The summed E-state index contributed by atoms with van der Waals surface area (Å²) in [6.45, 7) is 1.16. The number of amides is 2. The fraction of sp³-hybridized carbons (Fsp3) is 0.125. The third-order valence-corrected chi connectivity index (χ3v) is 3.76. The molecule has 0 atom stereocenters. The molecule has 0 saturated heterocycles. The Bertz CT molecular complexity index is 837. The van der Waals surface area contributed by atoms with Crippen LogP contribution in [0.5, 0.6) is 0 Å². The van der Waals surface area contributed by atoms with Gasteiger partial charge in [0.2, 0.25) is 5.91 Å². The van der Waals surface area contributed by atoms with E-state index in [1.165, 1.54) is 12.1 Å². The summed E-state index contributed by atoms with van der Waals surface area (Å²) < 4.78 is 53.2. The predicted octanol–water partition coefficient (Wildman–Crippen LogP) is 4.82. The highest BCUT2D eigenvalue weighted by Gasteiger charge is 2.34. The van der Waals surface area contributed by atoms with Crippen molar-refractivity contribution in [1.29, 1.82) is 0 Å². The van der Waals surface area contributed by atoms with Gasteiger partial charge in [0.15, 0.2) is 0 Å². The Balaban J connectivity index is 2.39. The molecule has 25 heavy (non-hydrogen) atoms. The standard InChI is InChI=1S/C16H11BrF4N2O2/c1-8(24)22-10-3-5-14(12(7-10)16(19,20)21)23-15(25)11-6-9(18)2-4-13(11)17/h2-7H,1H3,(H,22,24)(H,23,25). The van der Waals surface area contributed by atoms with E-state index in [9.17, 15) is 27.2 Å². The molecular weight excluding hydrogens is 408 g/mol. The Hall–Kier alpha value is -2.42. The first-order valence-corrected chi connectivity index (χ1v) is 7.62. The van der Waals surface area contributed by atoms with Crippen molar-refractivity contribution in [2.45, 2.75) is 13.1 Å². The first kappa shape index (κ1) is 18.9. The molecule has 0 aromatic heterocycles. The predicted molar refractivity (Wildman–Crippen MR) is 87.8 cm³/mol. The minimum atomic E-state index is -4.77. The van der Waals surface area contributed by atoms with Gasteiger partial charge in [0, 0.05) is 17.1 Å². The Morgan fingerprint density at radius 1 is 1.04 bits per heavy atom. The average Bonchev–Trinajstić information content (AvgIpc) is 2.49. The number of hydrogen-bond acceptors (Lipinski definition) is 2. The van der Waals surface area contributed by atoms with Crippen LogP contribution >= 0.6 is 15.9 Å². The van der Waals surface area contributed by atoms with Gasteiger partial charge in [-0.3, -0.25) is 9.59 Å². The Kier molecular flexibility index (Phi) is 5.46. The van der Waals surface area contributed by atoms with E-state index >= 15 is 0 Å². The monoisotopic (exact) mass is 418 g/mol. The van der Waals surface area contributed by atoms with Crippen LogP contribution in [0.2, 0.25) is 0 Å². The number of nitrogens with one attached hydrogen (secondary N) is 2. The van der Waals surface area contributed by atoms with E-state index in [4.69, 9.17) is 0 Å². The lowest BCUT2D eigenvalue weighted by atomic mass is 10.1. The Morgan fingerprint density at radius 2 is 1.72 bits per heavy atom. The van der Waals surface area contributed by atoms with Crippen LogP contribution in [0.15, 0.2) is 40.9 Å². The molecule has 2 aromatic carbocycles. The molecule has 132 valence electrons. The lowest BCUT2D eigenvalue weighted by Gasteiger charge is -2.16. The van der Waals surface area contributed by atoms with Crippen molar-refractivity contribution in [2.24, 2.45) is 0 Å². The topological polar surface area (TPSA) is 58.2 Å². The molecule has 0 spiro atoms. The van der Waals surface area contributed by atoms with Gasteiger partial charge in [0.05, 0.1) is 16.8 Å². The van der Waals surface area contributed by atoms with E-state index in [1.54, 1.807) is 0 Å². The summed E-state index contributed by atoms with van der Waals surface area (Å²) in [5.74, 6) is -2.15. The number of hydrogen-bond donors (Lipinski definition) is 2. The van der Waals surface area contributed by atoms with Gasteiger partial charge in [-0.1, -0.05) is 0 Å². The lowest BCUT2D eigenvalue weighted by Crippen LogP contribution is -2.18. The summed E-state index contributed by atoms with van der Waals surface area (Å²) in [5, 5.41) is 4.35. The molecule has 0 aliphatic heterocycles. The number of anilines is 2. The van der Waals surface area contributed by atoms with Gasteiger partial charge in [-0.15, -0.1) is 0 Å². The maximum atomic E-state index is 13.3. The number of alkyl halides is 3. The fourth-order valence-corrected chi connectivity index (χ4v) is 2.46. The molecule has 0 radical (unpaired) electrons. The van der Waals surface area contributed by atoms with Gasteiger partial charge in [-0.2, -0.15) is 13.2 Å². The van der Waals surface area contributed by atoms with Gasteiger partial charge < -0.3 is 10.6 Å². The summed E-state index contributed by atoms with van der Waals surface area (Å²) in [6, 6.07) is 6.21. The molecular formula is C16H11BrF4N2O2. The minimum absolute atomic E-state index is 0.0650. The van der Waals surface area contributed by atoms with Crippen LogP contribution in [0.3, 0.4) is 0 Å². The van der Waals surface area contributed by atoms with Crippen molar-refractivity contribution in [1.82, 2.24) is 0 Å². The molecule has 9 heteroatoms. The lowest BCUT2D eigenvalue weighted by molar-refractivity contribution is -0.137. The molecule has 2 aromatic rings. The molecule has 0 aliphatic carbocycles. The van der Waals surface area contributed by atoms with Crippen molar-refractivity contribution in [3.05, 3.63) is 57.8 Å². The summed E-state index contributed by atoms with van der Waals surface area (Å²) >= 11 is 3.04. The zero-order valence-electron chi connectivity index (χ0n) is 12.7. The van der Waals surface area contributed by atoms with Crippen LogP contribution in [0.25, 0.3) is 0 Å². The van der Waals surface area contributed by atoms with Crippen LogP contribution in [0.4, 0.5) is 28.9 Å². The SMILES string of the molecule is CC(=O)Nc1ccc(NC(=O)c2cc(F)ccc2Br)c(C(F)(F)F)c1.